The fraction of sp³-hybridized carbons (Fsp3) is 0.333. The van der Waals surface area contributed by atoms with E-state index in [9.17, 15) is 9.59 Å². The van der Waals surface area contributed by atoms with E-state index >= 15 is 0 Å². The maximum atomic E-state index is 12.4. The number of amides is 1. The highest BCUT2D eigenvalue weighted by atomic mass is 16.5. The van der Waals surface area contributed by atoms with Gasteiger partial charge < -0.3 is 14.8 Å². The third kappa shape index (κ3) is 6.24. The van der Waals surface area contributed by atoms with Gasteiger partial charge in [0, 0.05) is 6.42 Å². The number of hydrogen-bond donors (Lipinski definition) is 1. The molecule has 5 heteroatoms. The summed E-state index contributed by atoms with van der Waals surface area (Å²) < 4.78 is 10.2. The lowest BCUT2D eigenvalue weighted by Gasteiger charge is -2.18. The van der Waals surface area contributed by atoms with Gasteiger partial charge in [-0.2, -0.15) is 0 Å². The minimum Gasteiger partial charge on any atom is -0.497 e. The summed E-state index contributed by atoms with van der Waals surface area (Å²) in [5, 5.41) is 2.95. The van der Waals surface area contributed by atoms with Crippen molar-refractivity contribution in [2.75, 3.05) is 13.7 Å². The number of aryl methyl sites for hydroxylation is 1. The molecule has 0 spiro atoms. The summed E-state index contributed by atoms with van der Waals surface area (Å²) >= 11 is 0. The van der Waals surface area contributed by atoms with Crippen LogP contribution in [0.15, 0.2) is 54.6 Å². The molecular weight excluding hydrogens is 330 g/mol. The van der Waals surface area contributed by atoms with Crippen molar-refractivity contribution in [3.63, 3.8) is 0 Å². The molecule has 0 aliphatic rings. The molecule has 2 aromatic carbocycles. The number of nitrogens with one attached hydrogen (secondary N) is 1. The van der Waals surface area contributed by atoms with Crippen molar-refractivity contribution < 1.29 is 19.1 Å². The third-order valence-electron chi connectivity index (χ3n) is 4.01. The fourth-order valence-corrected chi connectivity index (χ4v) is 2.64. The normalized spacial score (nSPS) is 11.5. The summed E-state index contributed by atoms with van der Waals surface area (Å²) in [6.45, 7) is 2.09. The molecule has 138 valence electrons. The zero-order valence-electron chi connectivity index (χ0n) is 15.2. The molecule has 1 unspecified atom stereocenters. The van der Waals surface area contributed by atoms with Gasteiger partial charge in [-0.05, 0) is 36.6 Å². The smallest absolute Gasteiger partial charge is 0.308 e. The molecule has 1 amide bonds. The molecule has 0 saturated carbocycles. The van der Waals surface area contributed by atoms with Gasteiger partial charge in [0.05, 0.1) is 26.2 Å². The zero-order valence-corrected chi connectivity index (χ0v) is 15.2. The Labute approximate surface area is 154 Å². The highest BCUT2D eigenvalue weighted by molar-refractivity contribution is 5.78. The van der Waals surface area contributed by atoms with E-state index in [-0.39, 0.29) is 18.3 Å². The first-order valence-electron chi connectivity index (χ1n) is 8.75. The van der Waals surface area contributed by atoms with Crippen LogP contribution >= 0.6 is 0 Å². The van der Waals surface area contributed by atoms with E-state index in [1.807, 2.05) is 54.6 Å². The fourth-order valence-electron chi connectivity index (χ4n) is 2.64. The first-order valence-corrected chi connectivity index (χ1v) is 8.75. The van der Waals surface area contributed by atoms with Gasteiger partial charge in [-0.15, -0.1) is 0 Å². The molecule has 0 fully saturated rings. The van der Waals surface area contributed by atoms with Gasteiger partial charge in [-0.25, -0.2) is 0 Å². The number of esters is 1. The minimum atomic E-state index is -0.390. The largest absolute Gasteiger partial charge is 0.497 e. The lowest BCUT2D eigenvalue weighted by Crippen LogP contribution is -2.30. The highest BCUT2D eigenvalue weighted by Gasteiger charge is 2.19. The van der Waals surface area contributed by atoms with E-state index in [2.05, 4.69) is 5.32 Å². The molecule has 0 aliphatic carbocycles. The average molecular weight is 355 g/mol. The molecular formula is C21H25NO4. The van der Waals surface area contributed by atoms with E-state index < -0.39 is 6.04 Å². The van der Waals surface area contributed by atoms with Gasteiger partial charge in [0.2, 0.25) is 5.91 Å². The van der Waals surface area contributed by atoms with Crippen LogP contribution in [-0.4, -0.2) is 25.6 Å². The summed E-state index contributed by atoms with van der Waals surface area (Å²) in [5.74, 6) is 0.368. The molecule has 1 atom stereocenters. The Morgan fingerprint density at radius 2 is 1.73 bits per heavy atom. The summed E-state index contributed by atoms with van der Waals surface area (Å²) in [6, 6.07) is 16.7. The number of ether oxygens (including phenoxy) is 2. The Hall–Kier alpha value is -2.82. The van der Waals surface area contributed by atoms with E-state index in [0.717, 1.165) is 16.9 Å². The summed E-state index contributed by atoms with van der Waals surface area (Å²) in [6.07, 6.45) is 1.08. The average Bonchev–Trinajstić information content (AvgIpc) is 2.67. The number of benzene rings is 2. The Morgan fingerprint density at radius 3 is 2.35 bits per heavy atom. The number of hydrogen-bond acceptors (Lipinski definition) is 4. The lowest BCUT2D eigenvalue weighted by molar-refractivity contribution is -0.143. The van der Waals surface area contributed by atoms with Gasteiger partial charge in [0.25, 0.3) is 0 Å². The van der Waals surface area contributed by atoms with Crippen LogP contribution in [0, 0.1) is 0 Å². The summed E-state index contributed by atoms with van der Waals surface area (Å²) in [4.78, 5) is 24.2. The van der Waals surface area contributed by atoms with Crippen LogP contribution in [0.2, 0.25) is 0 Å². The van der Waals surface area contributed by atoms with Crippen molar-refractivity contribution in [2.45, 2.75) is 32.2 Å². The molecule has 0 aromatic heterocycles. The van der Waals surface area contributed by atoms with Crippen molar-refractivity contribution in [2.24, 2.45) is 0 Å². The Kier molecular flexibility index (Phi) is 7.68. The van der Waals surface area contributed by atoms with Gasteiger partial charge >= 0.3 is 5.97 Å². The monoisotopic (exact) mass is 355 g/mol. The van der Waals surface area contributed by atoms with Crippen molar-refractivity contribution in [1.29, 1.82) is 0 Å². The van der Waals surface area contributed by atoms with Gasteiger partial charge in [-0.1, -0.05) is 42.5 Å². The predicted molar refractivity (Wildman–Crippen MR) is 99.9 cm³/mol. The zero-order chi connectivity index (χ0) is 18.8. The SMILES string of the molecule is CCOC(=O)CC(NC(=O)CCc1ccc(OC)cc1)c1ccccc1. The molecule has 26 heavy (non-hydrogen) atoms. The Balaban J connectivity index is 1.95. The van der Waals surface area contributed by atoms with E-state index in [0.29, 0.717) is 19.4 Å². The van der Waals surface area contributed by atoms with Crippen molar-refractivity contribution in [1.82, 2.24) is 5.32 Å². The summed E-state index contributed by atoms with van der Waals surface area (Å²) in [5.41, 5.74) is 1.95. The number of methoxy groups -OCH3 is 1. The number of rotatable bonds is 9. The van der Waals surface area contributed by atoms with E-state index in [1.165, 1.54) is 0 Å². The third-order valence-corrected chi connectivity index (χ3v) is 4.01. The first-order chi connectivity index (χ1) is 12.6. The summed E-state index contributed by atoms with van der Waals surface area (Å²) in [7, 11) is 1.62. The second kappa shape index (κ2) is 10.2. The molecule has 0 bridgehead atoms. The second-order valence-electron chi connectivity index (χ2n) is 5.89. The number of carbonyl (C=O) groups is 2. The molecule has 0 radical (unpaired) electrons. The maximum absolute atomic E-state index is 12.4. The van der Waals surface area contributed by atoms with Crippen molar-refractivity contribution >= 4 is 11.9 Å². The lowest BCUT2D eigenvalue weighted by atomic mass is 10.0. The van der Waals surface area contributed by atoms with Gasteiger partial charge in [0.15, 0.2) is 0 Å². The maximum Gasteiger partial charge on any atom is 0.308 e. The molecule has 5 nitrogen and oxygen atoms in total. The van der Waals surface area contributed by atoms with Crippen LogP contribution < -0.4 is 10.1 Å². The molecule has 0 heterocycles. The van der Waals surface area contributed by atoms with Crippen molar-refractivity contribution in [3.05, 3.63) is 65.7 Å². The van der Waals surface area contributed by atoms with Gasteiger partial charge in [0.1, 0.15) is 5.75 Å². The molecule has 2 rings (SSSR count). The molecule has 1 N–H and O–H groups in total. The van der Waals surface area contributed by atoms with Crippen LogP contribution in [0.3, 0.4) is 0 Å². The van der Waals surface area contributed by atoms with Crippen LogP contribution in [0.4, 0.5) is 0 Å². The first kappa shape index (κ1) is 19.5. The number of carbonyl (C=O) groups excluding carboxylic acids is 2. The Morgan fingerprint density at radius 1 is 1.04 bits per heavy atom. The van der Waals surface area contributed by atoms with E-state index in [1.54, 1.807) is 14.0 Å². The molecule has 0 aliphatic heterocycles. The standard InChI is InChI=1S/C21H25NO4/c1-3-26-21(24)15-19(17-7-5-4-6-8-17)22-20(23)14-11-16-9-12-18(25-2)13-10-16/h4-10,12-13,19H,3,11,14-15H2,1-2H3,(H,22,23). The van der Waals surface area contributed by atoms with Crippen LogP contribution in [0.1, 0.15) is 36.9 Å². The van der Waals surface area contributed by atoms with Crippen LogP contribution in [-0.2, 0) is 20.7 Å². The Bertz CT molecular complexity index is 698. The molecule has 2 aromatic rings. The predicted octanol–water partition coefficient (Wildman–Crippen LogP) is 3.44. The topological polar surface area (TPSA) is 64.6 Å². The van der Waals surface area contributed by atoms with Crippen LogP contribution in [0.25, 0.3) is 0 Å². The van der Waals surface area contributed by atoms with Crippen molar-refractivity contribution in [3.8, 4) is 5.75 Å². The van der Waals surface area contributed by atoms with E-state index in [4.69, 9.17) is 9.47 Å². The second-order valence-corrected chi connectivity index (χ2v) is 5.89. The minimum absolute atomic E-state index is 0.0982. The molecule has 0 saturated heterocycles. The van der Waals surface area contributed by atoms with Gasteiger partial charge in [-0.3, -0.25) is 9.59 Å². The van der Waals surface area contributed by atoms with Crippen LogP contribution in [0.5, 0.6) is 5.75 Å². The highest BCUT2D eigenvalue weighted by Crippen LogP contribution is 2.18. The quantitative estimate of drug-likeness (QED) is 0.700.